The number of nitrogens with zero attached hydrogens (tertiary/aromatic N) is 5. The largest absolute Gasteiger partial charge is 0.356 e. The van der Waals surface area contributed by atoms with E-state index in [4.69, 9.17) is 0 Å². The Hall–Kier alpha value is -3.73. The summed E-state index contributed by atoms with van der Waals surface area (Å²) in [5, 5.41) is 3.06. The number of hydrogen-bond acceptors (Lipinski definition) is 6. The number of aromatic nitrogens is 2. The quantitative estimate of drug-likeness (QED) is 0.557. The summed E-state index contributed by atoms with van der Waals surface area (Å²) in [4.78, 5) is 72.0. The average Bonchev–Trinajstić information content (AvgIpc) is 3.59. The summed E-state index contributed by atoms with van der Waals surface area (Å²) in [7, 11) is 2.85. The molecular formula is C28H34N6O5. The van der Waals surface area contributed by atoms with Crippen LogP contribution < -0.4 is 21.5 Å². The molecule has 6 rings (SSSR count). The van der Waals surface area contributed by atoms with Gasteiger partial charge < -0.3 is 15.1 Å². The van der Waals surface area contributed by atoms with Crippen molar-refractivity contribution in [1.82, 2.24) is 24.3 Å². The molecule has 39 heavy (non-hydrogen) atoms. The van der Waals surface area contributed by atoms with Crippen LogP contribution in [0.1, 0.15) is 48.2 Å². The first-order valence-electron chi connectivity index (χ1n) is 13.8. The first kappa shape index (κ1) is 25.5. The van der Waals surface area contributed by atoms with Crippen molar-refractivity contribution in [2.45, 2.75) is 43.7 Å². The number of amides is 3. The number of para-hydroxylation sites is 1. The minimum Gasteiger partial charge on any atom is -0.356 e. The van der Waals surface area contributed by atoms with Crippen LogP contribution in [0.25, 0.3) is 0 Å². The smallest absolute Gasteiger partial charge is 0.331 e. The first-order chi connectivity index (χ1) is 18.8. The molecule has 1 spiro atoms. The van der Waals surface area contributed by atoms with Crippen molar-refractivity contribution >= 4 is 23.4 Å². The Morgan fingerprint density at radius 2 is 1.72 bits per heavy atom. The standard InChI is InChI=1S/C28H34N6O5/c1-30-22(17-23(35)31(2)27(30)39)25(37)32-12-6-11-29-24(36)20-16-18-8-5-15-34(18)28(20)19-9-3-4-10-21(19)33(26(28)38)14-7-13-32/h3-4,9-10,17-18,20H,5-8,11-16H2,1-2H3,(H,29,36)/t18-,20+,28+/m0/s1. The van der Waals surface area contributed by atoms with Crippen molar-refractivity contribution in [1.29, 1.82) is 0 Å². The summed E-state index contributed by atoms with van der Waals surface area (Å²) in [6.07, 6.45) is 3.68. The first-order valence-corrected chi connectivity index (χ1v) is 13.8. The highest BCUT2D eigenvalue weighted by atomic mass is 16.2. The molecule has 3 fully saturated rings. The molecule has 0 unspecified atom stereocenters. The summed E-state index contributed by atoms with van der Waals surface area (Å²) in [6, 6.07) is 9.19. The van der Waals surface area contributed by atoms with E-state index in [1.54, 1.807) is 9.80 Å². The van der Waals surface area contributed by atoms with Gasteiger partial charge in [0.1, 0.15) is 11.2 Å². The molecule has 0 radical (unpaired) electrons. The van der Waals surface area contributed by atoms with E-state index < -0.39 is 28.6 Å². The maximum absolute atomic E-state index is 14.4. The van der Waals surface area contributed by atoms with Crippen molar-refractivity contribution in [3.8, 4) is 0 Å². The van der Waals surface area contributed by atoms with E-state index in [1.807, 2.05) is 24.3 Å². The maximum Gasteiger partial charge on any atom is 0.331 e. The predicted molar refractivity (Wildman–Crippen MR) is 143 cm³/mol. The lowest BCUT2D eigenvalue weighted by molar-refractivity contribution is -0.138. The van der Waals surface area contributed by atoms with E-state index in [1.165, 1.54) is 24.7 Å². The Morgan fingerprint density at radius 1 is 0.949 bits per heavy atom. The summed E-state index contributed by atoms with van der Waals surface area (Å²) < 4.78 is 2.14. The van der Waals surface area contributed by atoms with Crippen molar-refractivity contribution in [2.24, 2.45) is 20.0 Å². The van der Waals surface area contributed by atoms with E-state index in [2.05, 4.69) is 10.2 Å². The number of anilines is 1. The second-order valence-electron chi connectivity index (χ2n) is 11.1. The minimum absolute atomic E-state index is 0.0209. The van der Waals surface area contributed by atoms with Crippen LogP contribution in [0.5, 0.6) is 0 Å². The van der Waals surface area contributed by atoms with E-state index in [-0.39, 0.29) is 23.6 Å². The Bertz CT molecular complexity index is 1480. The zero-order chi connectivity index (χ0) is 27.5. The fourth-order valence-corrected chi connectivity index (χ4v) is 7.22. The number of carbonyl (C=O) groups excluding carboxylic acids is 3. The molecule has 11 nitrogen and oxygen atoms in total. The molecule has 0 saturated carbocycles. The topological polar surface area (TPSA) is 117 Å². The van der Waals surface area contributed by atoms with E-state index in [9.17, 15) is 24.0 Å². The van der Waals surface area contributed by atoms with Gasteiger partial charge in [0.25, 0.3) is 17.4 Å². The number of rotatable bonds is 1. The van der Waals surface area contributed by atoms with Gasteiger partial charge in [-0.05, 0) is 44.7 Å². The van der Waals surface area contributed by atoms with Gasteiger partial charge >= 0.3 is 5.69 Å². The van der Waals surface area contributed by atoms with Crippen molar-refractivity contribution in [3.63, 3.8) is 0 Å². The third-order valence-electron chi connectivity index (χ3n) is 9.08. The number of benzene rings is 1. The highest BCUT2D eigenvalue weighted by Crippen LogP contribution is 2.57. The van der Waals surface area contributed by atoms with E-state index in [0.29, 0.717) is 45.4 Å². The zero-order valence-corrected chi connectivity index (χ0v) is 22.4. The van der Waals surface area contributed by atoms with Crippen LogP contribution in [0.15, 0.2) is 39.9 Å². The van der Waals surface area contributed by atoms with E-state index in [0.717, 1.165) is 35.2 Å². The van der Waals surface area contributed by atoms with Gasteiger partial charge in [0.15, 0.2) is 0 Å². The van der Waals surface area contributed by atoms with Gasteiger partial charge in [0, 0.05) is 63.6 Å². The van der Waals surface area contributed by atoms with Crippen LogP contribution in [0.3, 0.4) is 0 Å². The summed E-state index contributed by atoms with van der Waals surface area (Å²) >= 11 is 0. The third-order valence-corrected chi connectivity index (χ3v) is 9.08. The maximum atomic E-state index is 14.4. The Morgan fingerprint density at radius 3 is 2.54 bits per heavy atom. The highest BCUT2D eigenvalue weighted by Gasteiger charge is 2.67. The lowest BCUT2D eigenvalue weighted by atomic mass is 9.78. The van der Waals surface area contributed by atoms with Gasteiger partial charge in [-0.3, -0.25) is 33.2 Å². The molecule has 2 aromatic rings. The Kier molecular flexibility index (Phi) is 6.21. The van der Waals surface area contributed by atoms with Gasteiger partial charge in [-0.1, -0.05) is 18.2 Å². The van der Waals surface area contributed by atoms with Gasteiger partial charge in [0.05, 0.1) is 5.92 Å². The van der Waals surface area contributed by atoms with Crippen LogP contribution in [-0.2, 0) is 29.2 Å². The molecule has 4 aliphatic rings. The molecule has 1 N–H and O–H groups in total. The monoisotopic (exact) mass is 534 g/mol. The van der Waals surface area contributed by atoms with Crippen molar-refractivity contribution < 1.29 is 14.4 Å². The fraction of sp³-hybridized carbons (Fsp3) is 0.536. The second kappa shape index (κ2) is 9.48. The highest BCUT2D eigenvalue weighted by molar-refractivity contribution is 6.11. The number of fused-ring (bicyclic) bond motifs is 4. The molecule has 4 aliphatic heterocycles. The summed E-state index contributed by atoms with van der Waals surface area (Å²) in [5.74, 6) is -1.08. The predicted octanol–water partition coefficient (Wildman–Crippen LogP) is 0.163. The lowest BCUT2D eigenvalue weighted by Crippen LogP contribution is -2.56. The summed E-state index contributed by atoms with van der Waals surface area (Å²) in [6.45, 7) is 2.22. The van der Waals surface area contributed by atoms with Crippen molar-refractivity contribution in [2.75, 3.05) is 37.6 Å². The zero-order valence-electron chi connectivity index (χ0n) is 22.4. The molecule has 3 saturated heterocycles. The van der Waals surface area contributed by atoms with Crippen LogP contribution in [0, 0.1) is 5.92 Å². The molecule has 1 aromatic carbocycles. The van der Waals surface area contributed by atoms with Crippen LogP contribution in [0.2, 0.25) is 0 Å². The van der Waals surface area contributed by atoms with Crippen LogP contribution in [-0.4, -0.2) is 75.4 Å². The Labute approximate surface area is 226 Å². The van der Waals surface area contributed by atoms with E-state index >= 15 is 0 Å². The molecule has 0 aliphatic carbocycles. The van der Waals surface area contributed by atoms with Gasteiger partial charge in [-0.25, -0.2) is 4.79 Å². The number of hydrogen-bond donors (Lipinski definition) is 1. The normalized spacial score (nSPS) is 27.2. The molecule has 206 valence electrons. The van der Waals surface area contributed by atoms with Gasteiger partial charge in [-0.15, -0.1) is 0 Å². The third kappa shape index (κ3) is 3.70. The summed E-state index contributed by atoms with van der Waals surface area (Å²) in [5.41, 5.74) is -0.353. The number of carbonyl (C=O) groups is 3. The van der Waals surface area contributed by atoms with Crippen LogP contribution in [0.4, 0.5) is 5.69 Å². The SMILES string of the molecule is Cn1c(C(=O)N2CCCNC(=O)[C@H]3C[C@@H]4CCCN4[C@@]34C(=O)N(CCC2)c2ccccc24)cc(=O)n(C)c1=O. The number of nitrogens with one attached hydrogen (secondary N) is 1. The molecule has 5 heterocycles. The second-order valence-corrected chi connectivity index (χ2v) is 11.1. The fourth-order valence-electron chi connectivity index (χ4n) is 7.22. The average molecular weight is 535 g/mol. The molecule has 1 aromatic heterocycles. The molecule has 11 heteroatoms. The molecule has 3 atom stereocenters. The van der Waals surface area contributed by atoms with Gasteiger partial charge in [0.2, 0.25) is 5.91 Å². The molecule has 3 amide bonds. The molecule has 2 bridgehead atoms. The van der Waals surface area contributed by atoms with Crippen molar-refractivity contribution in [3.05, 3.63) is 62.4 Å². The van der Waals surface area contributed by atoms with Gasteiger partial charge in [-0.2, -0.15) is 0 Å². The molecular weight excluding hydrogens is 500 g/mol. The Balaban J connectivity index is 1.35. The lowest BCUT2D eigenvalue weighted by Gasteiger charge is -2.37. The van der Waals surface area contributed by atoms with Crippen LogP contribution >= 0.6 is 0 Å². The minimum atomic E-state index is -0.992.